The Kier molecular flexibility index (Phi) is 3.86. The second-order valence-corrected chi connectivity index (χ2v) is 6.82. The zero-order chi connectivity index (χ0) is 17.6. The molecule has 0 N–H and O–H groups in total. The summed E-state index contributed by atoms with van der Waals surface area (Å²) in [4.78, 5) is 12.0. The molecule has 1 aliphatic carbocycles. The first-order valence-corrected chi connectivity index (χ1v) is 8.89. The molecule has 0 radical (unpaired) electrons. The number of nitrogens with zero attached hydrogens (tertiary/aromatic N) is 3. The van der Waals surface area contributed by atoms with Crippen LogP contribution in [0.4, 0.5) is 0 Å². The number of fused-ring (bicyclic) bond motifs is 1. The fraction of sp³-hybridized carbons (Fsp3) is 0.400. The van der Waals surface area contributed by atoms with Gasteiger partial charge in [-0.2, -0.15) is 5.10 Å². The summed E-state index contributed by atoms with van der Waals surface area (Å²) >= 11 is 0. The molecule has 1 fully saturated rings. The van der Waals surface area contributed by atoms with Crippen molar-refractivity contribution >= 4 is 16.9 Å². The summed E-state index contributed by atoms with van der Waals surface area (Å²) in [6.45, 7) is 7.07. The van der Waals surface area contributed by atoms with Crippen molar-refractivity contribution in [3.05, 3.63) is 53.0 Å². The number of hydrogen-bond acceptors (Lipinski definition) is 3. The summed E-state index contributed by atoms with van der Waals surface area (Å²) in [5, 5.41) is 5.69. The summed E-state index contributed by atoms with van der Waals surface area (Å²) < 4.78 is 9.60. The highest BCUT2D eigenvalue weighted by Gasteiger charge is 2.27. The van der Waals surface area contributed by atoms with Crippen molar-refractivity contribution < 1.29 is 9.53 Å². The van der Waals surface area contributed by atoms with Gasteiger partial charge >= 0.3 is 5.97 Å². The van der Waals surface area contributed by atoms with Gasteiger partial charge < -0.3 is 9.30 Å². The van der Waals surface area contributed by atoms with Gasteiger partial charge in [-0.15, -0.1) is 0 Å². The monoisotopic (exact) mass is 337 g/mol. The lowest BCUT2D eigenvalue weighted by atomic mass is 10.1. The number of hydrogen-bond donors (Lipinski definition) is 0. The van der Waals surface area contributed by atoms with Gasteiger partial charge in [-0.05, 0) is 63.9 Å². The van der Waals surface area contributed by atoms with Gasteiger partial charge in [0, 0.05) is 28.3 Å². The molecule has 5 heteroatoms. The van der Waals surface area contributed by atoms with E-state index in [1.165, 1.54) is 24.1 Å². The van der Waals surface area contributed by atoms with Crippen LogP contribution >= 0.6 is 0 Å². The van der Waals surface area contributed by atoms with E-state index in [0.717, 1.165) is 23.3 Å². The van der Waals surface area contributed by atoms with Crippen molar-refractivity contribution in [2.75, 3.05) is 6.61 Å². The summed E-state index contributed by atoms with van der Waals surface area (Å²) in [5.41, 5.74) is 5.24. The van der Waals surface area contributed by atoms with Crippen LogP contribution in [-0.4, -0.2) is 26.9 Å². The van der Waals surface area contributed by atoms with Crippen molar-refractivity contribution in [2.45, 2.75) is 46.2 Å². The molecule has 0 amide bonds. The van der Waals surface area contributed by atoms with Crippen LogP contribution in [0.2, 0.25) is 0 Å². The number of benzene rings is 1. The first kappa shape index (κ1) is 15.9. The fourth-order valence-electron chi connectivity index (χ4n) is 3.51. The standard InChI is InChI=1S/C20H23N3O2/c1-4-25-20(24)15-5-8-19-16(10-15)11-18(23(19)17-6-7-17)12-22-14(3)9-13(2)21-22/h5,8-11,17H,4,6-7,12H2,1-3H3. The molecule has 4 rings (SSSR count). The Hall–Kier alpha value is -2.56. The highest BCUT2D eigenvalue weighted by atomic mass is 16.5. The van der Waals surface area contributed by atoms with Gasteiger partial charge in [0.05, 0.1) is 24.4 Å². The average molecular weight is 337 g/mol. The summed E-state index contributed by atoms with van der Waals surface area (Å²) in [5.74, 6) is -0.260. The lowest BCUT2D eigenvalue weighted by molar-refractivity contribution is 0.0526. The van der Waals surface area contributed by atoms with Gasteiger partial charge in [0.25, 0.3) is 0 Å². The first-order chi connectivity index (χ1) is 12.1. The minimum atomic E-state index is -0.260. The Morgan fingerprint density at radius 2 is 2.04 bits per heavy atom. The van der Waals surface area contributed by atoms with Crippen LogP contribution in [0.1, 0.15) is 53.2 Å². The van der Waals surface area contributed by atoms with Gasteiger partial charge in [0.15, 0.2) is 0 Å². The van der Waals surface area contributed by atoms with Crippen LogP contribution in [0, 0.1) is 13.8 Å². The molecule has 25 heavy (non-hydrogen) atoms. The number of carbonyl (C=O) groups is 1. The number of esters is 1. The SMILES string of the molecule is CCOC(=O)c1ccc2c(c1)cc(Cn1nc(C)cc1C)n2C1CC1. The van der Waals surface area contributed by atoms with Crippen molar-refractivity contribution in [1.82, 2.24) is 14.3 Å². The molecule has 1 saturated carbocycles. The van der Waals surface area contributed by atoms with Crippen LogP contribution in [0.3, 0.4) is 0 Å². The van der Waals surface area contributed by atoms with Gasteiger partial charge in [-0.25, -0.2) is 4.79 Å². The van der Waals surface area contributed by atoms with E-state index >= 15 is 0 Å². The molecule has 0 unspecified atom stereocenters. The van der Waals surface area contributed by atoms with Gasteiger partial charge in [-0.3, -0.25) is 4.68 Å². The molecular formula is C20H23N3O2. The number of carbonyl (C=O) groups excluding carboxylic acids is 1. The zero-order valence-electron chi connectivity index (χ0n) is 15.0. The second kappa shape index (κ2) is 6.06. The second-order valence-electron chi connectivity index (χ2n) is 6.82. The topological polar surface area (TPSA) is 49.1 Å². The predicted molar refractivity (Wildman–Crippen MR) is 97.0 cm³/mol. The summed E-state index contributed by atoms with van der Waals surface area (Å²) in [7, 11) is 0. The zero-order valence-corrected chi connectivity index (χ0v) is 15.0. The molecule has 5 nitrogen and oxygen atoms in total. The third kappa shape index (κ3) is 2.95. The van der Waals surface area contributed by atoms with E-state index in [-0.39, 0.29) is 5.97 Å². The fourth-order valence-corrected chi connectivity index (χ4v) is 3.51. The lowest BCUT2D eigenvalue weighted by Crippen LogP contribution is -2.09. The van der Waals surface area contributed by atoms with E-state index in [0.29, 0.717) is 18.2 Å². The normalized spacial score (nSPS) is 14.2. The molecule has 1 aliphatic rings. The van der Waals surface area contributed by atoms with Crippen molar-refractivity contribution in [3.63, 3.8) is 0 Å². The quantitative estimate of drug-likeness (QED) is 0.661. The van der Waals surface area contributed by atoms with Crippen LogP contribution in [-0.2, 0) is 11.3 Å². The smallest absolute Gasteiger partial charge is 0.338 e. The van der Waals surface area contributed by atoms with E-state index < -0.39 is 0 Å². The van der Waals surface area contributed by atoms with Crippen molar-refractivity contribution in [1.29, 1.82) is 0 Å². The Bertz CT molecular complexity index is 947. The minimum absolute atomic E-state index is 0.260. The van der Waals surface area contributed by atoms with Crippen LogP contribution in [0.25, 0.3) is 10.9 Å². The predicted octanol–water partition coefficient (Wildman–Crippen LogP) is 4.01. The number of rotatable bonds is 5. The number of aromatic nitrogens is 3. The molecule has 130 valence electrons. The van der Waals surface area contributed by atoms with E-state index in [4.69, 9.17) is 4.74 Å². The van der Waals surface area contributed by atoms with E-state index in [2.05, 4.69) is 33.4 Å². The molecular weight excluding hydrogens is 314 g/mol. The average Bonchev–Trinajstić information content (AvgIpc) is 3.27. The maximum atomic E-state index is 12.0. The third-order valence-corrected chi connectivity index (χ3v) is 4.76. The molecule has 0 bridgehead atoms. The van der Waals surface area contributed by atoms with E-state index in [1.807, 2.05) is 32.0 Å². The van der Waals surface area contributed by atoms with Crippen molar-refractivity contribution in [3.8, 4) is 0 Å². The molecule has 0 atom stereocenters. The van der Waals surface area contributed by atoms with Gasteiger partial charge in [0.2, 0.25) is 0 Å². The van der Waals surface area contributed by atoms with Crippen LogP contribution in [0.5, 0.6) is 0 Å². The number of ether oxygens (including phenoxy) is 1. The minimum Gasteiger partial charge on any atom is -0.462 e. The van der Waals surface area contributed by atoms with E-state index in [1.54, 1.807) is 0 Å². The highest BCUT2D eigenvalue weighted by molar-refractivity contribution is 5.95. The Morgan fingerprint density at radius 3 is 2.68 bits per heavy atom. The Morgan fingerprint density at radius 1 is 1.24 bits per heavy atom. The maximum Gasteiger partial charge on any atom is 0.338 e. The Balaban J connectivity index is 1.76. The van der Waals surface area contributed by atoms with Gasteiger partial charge in [0.1, 0.15) is 0 Å². The molecule has 3 aromatic rings. The molecule has 0 aliphatic heterocycles. The van der Waals surface area contributed by atoms with Crippen molar-refractivity contribution in [2.24, 2.45) is 0 Å². The molecule has 2 heterocycles. The summed E-state index contributed by atoms with van der Waals surface area (Å²) in [6, 6.07) is 10.7. The lowest BCUT2D eigenvalue weighted by Gasteiger charge is -2.11. The molecule has 0 spiro atoms. The molecule has 0 saturated heterocycles. The summed E-state index contributed by atoms with van der Waals surface area (Å²) in [6.07, 6.45) is 2.43. The van der Waals surface area contributed by atoms with Crippen LogP contribution < -0.4 is 0 Å². The van der Waals surface area contributed by atoms with Gasteiger partial charge in [-0.1, -0.05) is 0 Å². The molecule has 1 aromatic carbocycles. The first-order valence-electron chi connectivity index (χ1n) is 8.89. The number of aryl methyl sites for hydroxylation is 2. The highest BCUT2D eigenvalue weighted by Crippen LogP contribution is 2.40. The van der Waals surface area contributed by atoms with E-state index in [9.17, 15) is 4.79 Å². The third-order valence-electron chi connectivity index (χ3n) is 4.76. The molecule has 2 aromatic heterocycles. The van der Waals surface area contributed by atoms with Crippen LogP contribution in [0.15, 0.2) is 30.3 Å². The largest absolute Gasteiger partial charge is 0.462 e. The Labute approximate surface area is 147 Å². The maximum absolute atomic E-state index is 12.0.